The maximum absolute atomic E-state index is 12.5. The van der Waals surface area contributed by atoms with Crippen LogP contribution in [-0.4, -0.2) is 34.9 Å². The van der Waals surface area contributed by atoms with Gasteiger partial charge >= 0.3 is 0 Å². The molecular weight excluding hydrogens is 346 g/mol. The lowest BCUT2D eigenvalue weighted by Gasteiger charge is -2.24. The largest absolute Gasteiger partial charge is 0.409 e. The number of hydrogen-bond acceptors (Lipinski definition) is 3. The quantitative estimate of drug-likeness (QED) is 0.366. The van der Waals surface area contributed by atoms with Crippen LogP contribution in [0.25, 0.3) is 0 Å². The molecule has 0 heterocycles. The highest BCUT2D eigenvalue weighted by Gasteiger charge is 2.21. The summed E-state index contributed by atoms with van der Waals surface area (Å²) in [5.41, 5.74) is 5.97. The fourth-order valence-electron chi connectivity index (χ4n) is 1.71. The molecule has 1 aromatic rings. The number of carbonyl (C=O) groups excluding carboxylic acids is 1. The predicted octanol–water partition coefficient (Wildman–Crippen LogP) is 2.95. The topological polar surface area (TPSA) is 78.9 Å². The van der Waals surface area contributed by atoms with Gasteiger partial charge in [0.2, 0.25) is 0 Å². The molecule has 1 rings (SSSR count). The van der Waals surface area contributed by atoms with Crippen LogP contribution in [0.3, 0.4) is 0 Å². The highest BCUT2D eigenvalue weighted by molar-refractivity contribution is 9.10. The van der Waals surface area contributed by atoms with Crippen molar-refractivity contribution in [1.29, 1.82) is 0 Å². The third-order valence-electron chi connectivity index (χ3n) is 2.94. The van der Waals surface area contributed by atoms with Gasteiger partial charge in [0.05, 0.1) is 10.6 Å². The van der Waals surface area contributed by atoms with E-state index in [2.05, 4.69) is 21.1 Å². The summed E-state index contributed by atoms with van der Waals surface area (Å²) < 4.78 is 0.783. The predicted molar refractivity (Wildman–Crippen MR) is 83.3 cm³/mol. The van der Waals surface area contributed by atoms with E-state index in [4.69, 9.17) is 22.5 Å². The van der Waals surface area contributed by atoms with E-state index in [9.17, 15) is 4.79 Å². The van der Waals surface area contributed by atoms with Crippen LogP contribution in [-0.2, 0) is 0 Å². The van der Waals surface area contributed by atoms with Gasteiger partial charge in [-0.2, -0.15) is 0 Å². The van der Waals surface area contributed by atoms with Crippen molar-refractivity contribution < 1.29 is 10.0 Å². The Hall–Kier alpha value is -1.27. The minimum atomic E-state index is -0.241. The van der Waals surface area contributed by atoms with Crippen LogP contribution in [0.5, 0.6) is 0 Å². The molecule has 0 aliphatic heterocycles. The van der Waals surface area contributed by atoms with Crippen LogP contribution in [0, 0.1) is 5.92 Å². The Balaban J connectivity index is 2.95. The normalized spacial score (nSPS) is 13.1. The van der Waals surface area contributed by atoms with Crippen molar-refractivity contribution in [2.24, 2.45) is 16.8 Å². The van der Waals surface area contributed by atoms with Crippen LogP contribution in [0.1, 0.15) is 24.2 Å². The number of oxime groups is 1. The Kier molecular flexibility index (Phi) is 6.29. The average Bonchev–Trinajstić information content (AvgIpc) is 2.45. The molecule has 5 nitrogen and oxygen atoms in total. The maximum Gasteiger partial charge on any atom is 0.255 e. The van der Waals surface area contributed by atoms with E-state index >= 15 is 0 Å². The summed E-state index contributed by atoms with van der Waals surface area (Å²) in [6, 6.07) is 5.12. The summed E-state index contributed by atoms with van der Waals surface area (Å²) >= 11 is 9.38. The fourth-order valence-corrected chi connectivity index (χ4v) is 2.27. The lowest BCUT2D eigenvalue weighted by atomic mass is 10.1. The zero-order valence-corrected chi connectivity index (χ0v) is 13.6. The number of halogens is 2. The Morgan fingerprint density at radius 1 is 1.60 bits per heavy atom. The lowest BCUT2D eigenvalue weighted by molar-refractivity contribution is 0.0754. The smallest absolute Gasteiger partial charge is 0.255 e. The summed E-state index contributed by atoms with van der Waals surface area (Å²) in [5.74, 6) is -0.331. The summed E-state index contributed by atoms with van der Waals surface area (Å²) in [6.45, 7) is 4.51. The van der Waals surface area contributed by atoms with Gasteiger partial charge in [0.25, 0.3) is 5.91 Å². The van der Waals surface area contributed by atoms with E-state index in [1.807, 2.05) is 6.92 Å². The van der Waals surface area contributed by atoms with Crippen LogP contribution < -0.4 is 5.73 Å². The molecule has 0 radical (unpaired) electrons. The highest BCUT2D eigenvalue weighted by atomic mass is 79.9. The average molecular weight is 363 g/mol. The molecule has 0 saturated heterocycles. The molecule has 1 atom stereocenters. The van der Waals surface area contributed by atoms with Gasteiger partial charge in [0, 0.05) is 23.5 Å². The van der Waals surface area contributed by atoms with Gasteiger partial charge in [-0.05, 0) is 25.1 Å². The van der Waals surface area contributed by atoms with Crippen molar-refractivity contribution in [3.05, 3.63) is 33.3 Å². The monoisotopic (exact) mass is 361 g/mol. The SMILES string of the molecule is CCN(CC(C)C(N)=NO)C(=O)c1cc(Br)ccc1Cl. The van der Waals surface area contributed by atoms with E-state index in [0.29, 0.717) is 23.7 Å². The second kappa shape index (κ2) is 7.50. The van der Waals surface area contributed by atoms with E-state index in [-0.39, 0.29) is 17.7 Å². The Morgan fingerprint density at radius 3 is 2.80 bits per heavy atom. The van der Waals surface area contributed by atoms with E-state index in [0.717, 1.165) is 4.47 Å². The van der Waals surface area contributed by atoms with E-state index < -0.39 is 0 Å². The second-order valence-corrected chi connectivity index (χ2v) is 5.72. The van der Waals surface area contributed by atoms with Crippen molar-refractivity contribution in [2.75, 3.05) is 13.1 Å². The molecule has 0 aliphatic rings. The van der Waals surface area contributed by atoms with Gasteiger partial charge in [-0.15, -0.1) is 0 Å². The molecule has 1 aromatic carbocycles. The Morgan fingerprint density at radius 2 is 2.25 bits per heavy atom. The van der Waals surface area contributed by atoms with Gasteiger partial charge < -0.3 is 15.8 Å². The van der Waals surface area contributed by atoms with Gasteiger partial charge in [-0.3, -0.25) is 4.79 Å². The van der Waals surface area contributed by atoms with Gasteiger partial charge in [0.1, 0.15) is 5.84 Å². The molecule has 1 amide bonds. The first-order valence-electron chi connectivity index (χ1n) is 6.12. The summed E-state index contributed by atoms with van der Waals surface area (Å²) in [6.07, 6.45) is 0. The minimum absolute atomic E-state index is 0.0941. The number of nitrogens with zero attached hydrogens (tertiary/aromatic N) is 2. The highest BCUT2D eigenvalue weighted by Crippen LogP contribution is 2.22. The molecule has 0 saturated carbocycles. The molecule has 0 fully saturated rings. The molecule has 0 spiro atoms. The number of amides is 1. The Bertz CT molecular complexity index is 522. The van der Waals surface area contributed by atoms with Crippen LogP contribution >= 0.6 is 27.5 Å². The van der Waals surface area contributed by atoms with Crippen molar-refractivity contribution in [3.8, 4) is 0 Å². The number of amidine groups is 1. The third kappa shape index (κ3) is 4.11. The van der Waals surface area contributed by atoms with Crippen molar-refractivity contribution in [1.82, 2.24) is 4.90 Å². The summed E-state index contributed by atoms with van der Waals surface area (Å²) in [4.78, 5) is 14.1. The van der Waals surface area contributed by atoms with Gasteiger partial charge in [-0.25, -0.2) is 0 Å². The molecule has 0 aliphatic carbocycles. The molecule has 7 heteroatoms. The minimum Gasteiger partial charge on any atom is -0.409 e. The molecule has 0 bridgehead atoms. The first kappa shape index (κ1) is 16.8. The maximum atomic E-state index is 12.5. The lowest BCUT2D eigenvalue weighted by Crippen LogP contribution is -2.38. The Labute approximate surface area is 131 Å². The summed E-state index contributed by atoms with van der Waals surface area (Å²) in [7, 11) is 0. The van der Waals surface area contributed by atoms with Crippen molar-refractivity contribution >= 4 is 39.3 Å². The van der Waals surface area contributed by atoms with E-state index in [1.54, 1.807) is 30.0 Å². The van der Waals surface area contributed by atoms with Gasteiger partial charge in [0.15, 0.2) is 0 Å². The fraction of sp³-hybridized carbons (Fsp3) is 0.385. The number of hydrogen-bond donors (Lipinski definition) is 2. The standard InChI is InChI=1S/C13H17BrClN3O2/c1-3-18(7-8(2)12(16)17-20)13(19)10-6-9(14)4-5-11(10)15/h4-6,8,20H,3,7H2,1-2H3,(H2,16,17). The first-order valence-corrected chi connectivity index (χ1v) is 7.29. The zero-order chi connectivity index (χ0) is 15.3. The third-order valence-corrected chi connectivity index (χ3v) is 3.77. The number of nitrogens with two attached hydrogens (primary N) is 1. The molecule has 3 N–H and O–H groups in total. The number of rotatable bonds is 5. The molecule has 0 aromatic heterocycles. The van der Waals surface area contributed by atoms with Gasteiger partial charge in [-0.1, -0.05) is 39.6 Å². The van der Waals surface area contributed by atoms with E-state index in [1.165, 1.54) is 0 Å². The zero-order valence-electron chi connectivity index (χ0n) is 11.3. The van der Waals surface area contributed by atoms with Crippen LogP contribution in [0.4, 0.5) is 0 Å². The van der Waals surface area contributed by atoms with Crippen LogP contribution in [0.15, 0.2) is 27.8 Å². The van der Waals surface area contributed by atoms with Crippen molar-refractivity contribution in [2.45, 2.75) is 13.8 Å². The van der Waals surface area contributed by atoms with Crippen LogP contribution in [0.2, 0.25) is 5.02 Å². The number of benzene rings is 1. The second-order valence-electron chi connectivity index (χ2n) is 4.39. The first-order chi connectivity index (χ1) is 9.40. The molecular formula is C13H17BrClN3O2. The number of carbonyl (C=O) groups is 1. The molecule has 1 unspecified atom stereocenters. The molecule has 20 heavy (non-hydrogen) atoms. The van der Waals surface area contributed by atoms with Crippen molar-refractivity contribution in [3.63, 3.8) is 0 Å². The summed E-state index contributed by atoms with van der Waals surface area (Å²) in [5, 5.41) is 12.0. The molecule has 110 valence electrons.